The number of anilines is 1. The first-order chi connectivity index (χ1) is 10.3. The predicted octanol–water partition coefficient (Wildman–Crippen LogP) is 3.88. The smallest absolute Gasteiger partial charge is 0.134 e. The summed E-state index contributed by atoms with van der Waals surface area (Å²) in [5, 5.41) is 4.71. The number of hydrogen-bond donors (Lipinski definition) is 1. The second-order valence-electron chi connectivity index (χ2n) is 5.42. The lowest BCUT2D eigenvalue weighted by Gasteiger charge is -2.09. The Morgan fingerprint density at radius 3 is 2.90 bits per heavy atom. The largest absolute Gasteiger partial charge is 0.496 e. The van der Waals surface area contributed by atoms with Gasteiger partial charge in [0.05, 0.1) is 18.8 Å². The fourth-order valence-electron chi connectivity index (χ4n) is 2.78. The minimum Gasteiger partial charge on any atom is -0.496 e. The Hall–Kier alpha value is -1.62. The lowest BCUT2D eigenvalue weighted by Crippen LogP contribution is -2.05. The Labute approximate surface area is 129 Å². The first-order valence-electron chi connectivity index (χ1n) is 7.36. The number of rotatable bonds is 5. The lowest BCUT2D eigenvalue weighted by atomic mass is 10.3. The molecule has 1 aliphatic rings. The van der Waals surface area contributed by atoms with Crippen LogP contribution in [0.1, 0.15) is 37.4 Å². The van der Waals surface area contributed by atoms with Crippen molar-refractivity contribution in [3.05, 3.63) is 36.2 Å². The summed E-state index contributed by atoms with van der Waals surface area (Å²) in [7, 11) is 1.67. The molecule has 0 amide bonds. The Morgan fingerprint density at radius 1 is 1.33 bits per heavy atom. The van der Waals surface area contributed by atoms with Gasteiger partial charge in [0.2, 0.25) is 0 Å². The van der Waals surface area contributed by atoms with E-state index in [1.165, 1.54) is 25.7 Å². The van der Waals surface area contributed by atoms with E-state index in [4.69, 9.17) is 15.6 Å². The maximum Gasteiger partial charge on any atom is 0.134 e. The van der Waals surface area contributed by atoms with E-state index in [1.54, 1.807) is 18.9 Å². The zero-order chi connectivity index (χ0) is 14.7. The molecule has 2 aromatic rings. The van der Waals surface area contributed by atoms with E-state index in [0.717, 1.165) is 27.8 Å². The molecule has 0 spiro atoms. The number of nitrogens with zero attached hydrogens (tertiary/aromatic N) is 2. The number of aromatic nitrogens is 2. The van der Waals surface area contributed by atoms with Gasteiger partial charge < -0.3 is 10.5 Å². The Bertz CT molecular complexity index is 605. The highest BCUT2D eigenvalue weighted by Gasteiger charge is 2.17. The van der Waals surface area contributed by atoms with Gasteiger partial charge in [-0.05, 0) is 31.0 Å². The van der Waals surface area contributed by atoms with Crippen molar-refractivity contribution in [1.82, 2.24) is 9.78 Å². The number of hydrogen-bond acceptors (Lipinski definition) is 4. The highest BCUT2D eigenvalue weighted by molar-refractivity contribution is 7.98. The molecule has 21 heavy (non-hydrogen) atoms. The van der Waals surface area contributed by atoms with Crippen LogP contribution in [-0.2, 0) is 5.75 Å². The molecule has 112 valence electrons. The maximum atomic E-state index is 5.78. The fraction of sp³-hybridized carbons (Fsp3) is 0.438. The monoisotopic (exact) mass is 303 g/mol. The van der Waals surface area contributed by atoms with Crippen LogP contribution in [0, 0.1) is 0 Å². The number of nitrogens with two attached hydrogens (primary N) is 1. The topological polar surface area (TPSA) is 53.1 Å². The molecule has 1 aliphatic carbocycles. The molecule has 0 radical (unpaired) electrons. The summed E-state index contributed by atoms with van der Waals surface area (Å²) < 4.78 is 7.52. The third-order valence-electron chi connectivity index (χ3n) is 3.93. The first kappa shape index (κ1) is 14.3. The van der Waals surface area contributed by atoms with Gasteiger partial charge in [-0.25, -0.2) is 0 Å². The molecule has 1 aromatic carbocycles. The molecule has 1 fully saturated rings. The molecule has 1 heterocycles. The second-order valence-corrected chi connectivity index (χ2v) is 6.44. The highest BCUT2D eigenvalue weighted by atomic mass is 32.2. The summed E-state index contributed by atoms with van der Waals surface area (Å²) in [6, 6.07) is 8.50. The van der Waals surface area contributed by atoms with Crippen LogP contribution in [0.3, 0.4) is 0 Å². The SMILES string of the molecule is COc1cc(N)ccc1SCc1ccn(C2CCCC2)n1. The van der Waals surface area contributed by atoms with Crippen molar-refractivity contribution in [2.45, 2.75) is 42.4 Å². The molecule has 0 unspecified atom stereocenters. The van der Waals surface area contributed by atoms with E-state index in [-0.39, 0.29) is 0 Å². The van der Waals surface area contributed by atoms with Crippen molar-refractivity contribution in [3.8, 4) is 5.75 Å². The van der Waals surface area contributed by atoms with Gasteiger partial charge in [-0.2, -0.15) is 5.10 Å². The third kappa shape index (κ3) is 3.35. The molecule has 0 bridgehead atoms. The lowest BCUT2D eigenvalue weighted by molar-refractivity contribution is 0.405. The Kier molecular flexibility index (Phi) is 4.39. The van der Waals surface area contributed by atoms with Crippen LogP contribution < -0.4 is 10.5 Å². The fourth-order valence-corrected chi connectivity index (χ4v) is 3.69. The quantitative estimate of drug-likeness (QED) is 0.672. The second kappa shape index (κ2) is 6.43. The molecule has 4 nitrogen and oxygen atoms in total. The molecule has 1 aromatic heterocycles. The van der Waals surface area contributed by atoms with Gasteiger partial charge in [0.25, 0.3) is 0 Å². The van der Waals surface area contributed by atoms with Gasteiger partial charge in [0.15, 0.2) is 0 Å². The summed E-state index contributed by atoms with van der Waals surface area (Å²) in [4.78, 5) is 1.10. The van der Waals surface area contributed by atoms with Crippen LogP contribution in [0.25, 0.3) is 0 Å². The average Bonchev–Trinajstić information content (AvgIpc) is 3.16. The van der Waals surface area contributed by atoms with Crippen LogP contribution in [0.4, 0.5) is 5.69 Å². The molecule has 5 heteroatoms. The maximum absolute atomic E-state index is 5.78. The zero-order valence-electron chi connectivity index (χ0n) is 12.3. The highest BCUT2D eigenvalue weighted by Crippen LogP contribution is 2.33. The standard InChI is InChI=1S/C16H21N3OS/c1-20-15-10-12(17)6-7-16(15)21-11-13-8-9-19(18-13)14-4-2-3-5-14/h6-10,14H,2-5,11,17H2,1H3. The van der Waals surface area contributed by atoms with Gasteiger partial charge in [-0.15, -0.1) is 11.8 Å². The zero-order valence-corrected chi connectivity index (χ0v) is 13.1. The molecule has 0 aliphatic heterocycles. The number of thioether (sulfide) groups is 1. The van der Waals surface area contributed by atoms with E-state index in [0.29, 0.717) is 6.04 Å². The van der Waals surface area contributed by atoms with Crippen LogP contribution in [0.15, 0.2) is 35.4 Å². The number of nitrogen functional groups attached to an aromatic ring is 1. The number of benzene rings is 1. The molecule has 0 atom stereocenters. The van der Waals surface area contributed by atoms with Crippen molar-refractivity contribution in [3.63, 3.8) is 0 Å². The van der Waals surface area contributed by atoms with Gasteiger partial charge in [0.1, 0.15) is 5.75 Å². The molecule has 0 saturated heterocycles. The number of methoxy groups -OCH3 is 1. The van der Waals surface area contributed by atoms with E-state index in [2.05, 4.69) is 16.9 Å². The van der Waals surface area contributed by atoms with Crippen molar-refractivity contribution in [1.29, 1.82) is 0 Å². The van der Waals surface area contributed by atoms with Gasteiger partial charge in [0, 0.05) is 28.6 Å². The molecular weight excluding hydrogens is 282 g/mol. The minimum absolute atomic E-state index is 0.606. The summed E-state index contributed by atoms with van der Waals surface area (Å²) in [6.45, 7) is 0. The summed E-state index contributed by atoms with van der Waals surface area (Å²) in [5.74, 6) is 1.68. The van der Waals surface area contributed by atoms with Crippen LogP contribution in [-0.4, -0.2) is 16.9 Å². The first-order valence-corrected chi connectivity index (χ1v) is 8.35. The van der Waals surface area contributed by atoms with Crippen LogP contribution in [0.5, 0.6) is 5.75 Å². The minimum atomic E-state index is 0.606. The van der Waals surface area contributed by atoms with Crippen LogP contribution >= 0.6 is 11.8 Å². The van der Waals surface area contributed by atoms with E-state index >= 15 is 0 Å². The normalized spacial score (nSPS) is 15.5. The molecule has 1 saturated carbocycles. The van der Waals surface area contributed by atoms with Gasteiger partial charge in [-0.1, -0.05) is 12.8 Å². The average molecular weight is 303 g/mol. The van der Waals surface area contributed by atoms with E-state index in [9.17, 15) is 0 Å². The summed E-state index contributed by atoms with van der Waals surface area (Å²) in [5.41, 5.74) is 7.62. The van der Waals surface area contributed by atoms with Crippen molar-refractivity contribution >= 4 is 17.4 Å². The summed E-state index contributed by atoms with van der Waals surface area (Å²) >= 11 is 1.73. The molecular formula is C16H21N3OS. The van der Waals surface area contributed by atoms with Gasteiger partial charge in [-0.3, -0.25) is 4.68 Å². The van der Waals surface area contributed by atoms with Crippen LogP contribution in [0.2, 0.25) is 0 Å². The van der Waals surface area contributed by atoms with Gasteiger partial charge >= 0.3 is 0 Å². The van der Waals surface area contributed by atoms with Crippen molar-refractivity contribution in [2.75, 3.05) is 12.8 Å². The van der Waals surface area contributed by atoms with E-state index in [1.807, 2.05) is 18.2 Å². The molecule has 3 rings (SSSR count). The van der Waals surface area contributed by atoms with Crippen molar-refractivity contribution in [2.24, 2.45) is 0 Å². The predicted molar refractivity (Wildman–Crippen MR) is 86.7 cm³/mol. The summed E-state index contributed by atoms with van der Waals surface area (Å²) in [6.07, 6.45) is 7.31. The van der Waals surface area contributed by atoms with Crippen molar-refractivity contribution < 1.29 is 4.74 Å². The van der Waals surface area contributed by atoms with E-state index < -0.39 is 0 Å². The Balaban J connectivity index is 1.65. The molecule has 2 N–H and O–H groups in total. The third-order valence-corrected chi connectivity index (χ3v) is 5.01. The Morgan fingerprint density at radius 2 is 2.14 bits per heavy atom. The number of ether oxygens (including phenoxy) is 1.